The van der Waals surface area contributed by atoms with Gasteiger partial charge in [-0.1, -0.05) is 12.1 Å². The van der Waals surface area contributed by atoms with Crippen molar-refractivity contribution in [1.82, 2.24) is 0 Å². The van der Waals surface area contributed by atoms with Gasteiger partial charge in [0.05, 0.1) is 18.7 Å². The molecule has 1 heterocycles. The molecule has 1 unspecified atom stereocenters. The second kappa shape index (κ2) is 7.28. The largest absolute Gasteiger partial charge is 0.492 e. The Balaban J connectivity index is 1.73. The van der Waals surface area contributed by atoms with Crippen LogP contribution in [0.25, 0.3) is 0 Å². The van der Waals surface area contributed by atoms with Crippen LogP contribution in [0.1, 0.15) is 25.8 Å². The third-order valence-electron chi connectivity index (χ3n) is 3.56. The van der Waals surface area contributed by atoms with Gasteiger partial charge >= 0.3 is 0 Å². The molecule has 0 aromatic heterocycles. The summed E-state index contributed by atoms with van der Waals surface area (Å²) in [5.74, 6) is 0.689. The quantitative estimate of drug-likeness (QED) is 0.816. The van der Waals surface area contributed by atoms with Crippen LogP contribution in [0, 0.1) is 11.3 Å². The lowest BCUT2D eigenvalue weighted by Gasteiger charge is -2.32. The van der Waals surface area contributed by atoms with Crippen molar-refractivity contribution in [3.8, 4) is 11.8 Å². The summed E-state index contributed by atoms with van der Waals surface area (Å²) in [6.45, 7) is 8.15. The van der Waals surface area contributed by atoms with Gasteiger partial charge in [0.2, 0.25) is 0 Å². The third kappa shape index (κ3) is 4.22. The SMILES string of the molecule is C[C@@H]1C[NH+](CCCOc2ccccc2C#N)C[C@H](C)O1. The second-order valence-corrected chi connectivity index (χ2v) is 5.48. The highest BCUT2D eigenvalue weighted by atomic mass is 16.5. The summed E-state index contributed by atoms with van der Waals surface area (Å²) >= 11 is 0. The summed E-state index contributed by atoms with van der Waals surface area (Å²) in [6, 6.07) is 9.53. The summed E-state index contributed by atoms with van der Waals surface area (Å²) in [6.07, 6.45) is 1.68. The first kappa shape index (κ1) is 14.8. The molecule has 0 aliphatic carbocycles. The molecule has 0 spiro atoms. The third-order valence-corrected chi connectivity index (χ3v) is 3.56. The number of benzene rings is 1. The predicted octanol–water partition coefficient (Wildman–Crippen LogP) is 1.02. The Bertz CT molecular complexity index is 460. The van der Waals surface area contributed by atoms with Gasteiger partial charge in [-0.05, 0) is 26.0 Å². The molecule has 20 heavy (non-hydrogen) atoms. The lowest BCUT2D eigenvalue weighted by Crippen LogP contribution is -3.15. The summed E-state index contributed by atoms with van der Waals surface area (Å²) in [5.41, 5.74) is 0.605. The first-order valence-corrected chi connectivity index (χ1v) is 7.30. The van der Waals surface area contributed by atoms with Crippen LogP contribution >= 0.6 is 0 Å². The van der Waals surface area contributed by atoms with Crippen LogP contribution in [0.3, 0.4) is 0 Å². The number of ether oxygens (including phenoxy) is 2. The van der Waals surface area contributed by atoms with Crippen molar-refractivity contribution in [2.75, 3.05) is 26.2 Å². The number of hydrogen-bond acceptors (Lipinski definition) is 3. The van der Waals surface area contributed by atoms with E-state index in [2.05, 4.69) is 19.9 Å². The van der Waals surface area contributed by atoms with E-state index in [0.717, 1.165) is 26.1 Å². The normalized spacial score (nSPS) is 25.9. The smallest absolute Gasteiger partial charge is 0.137 e. The average Bonchev–Trinajstić information content (AvgIpc) is 2.43. The molecule has 0 radical (unpaired) electrons. The molecule has 1 aromatic rings. The molecular weight excluding hydrogens is 252 g/mol. The maximum atomic E-state index is 8.99. The van der Waals surface area contributed by atoms with Crippen LogP contribution in [0.4, 0.5) is 0 Å². The van der Waals surface area contributed by atoms with E-state index in [1.54, 1.807) is 11.0 Å². The molecule has 1 saturated heterocycles. The van der Waals surface area contributed by atoms with Gasteiger partial charge in [0.15, 0.2) is 0 Å². The number of morpholine rings is 1. The van der Waals surface area contributed by atoms with Crippen molar-refractivity contribution in [1.29, 1.82) is 5.26 Å². The van der Waals surface area contributed by atoms with Crippen molar-refractivity contribution in [2.45, 2.75) is 32.5 Å². The fraction of sp³-hybridized carbons (Fsp3) is 0.562. The summed E-state index contributed by atoms with van der Waals surface area (Å²) in [7, 11) is 0. The number of nitriles is 1. The standard InChI is InChI=1S/C16H22N2O2/c1-13-11-18(12-14(2)20-13)8-5-9-19-16-7-4-3-6-15(16)10-17/h3-4,6-7,13-14H,5,8-9,11-12H2,1-2H3/p+1/t13-,14+. The van der Waals surface area contributed by atoms with Gasteiger partial charge in [-0.15, -0.1) is 0 Å². The summed E-state index contributed by atoms with van der Waals surface area (Å²) < 4.78 is 11.4. The minimum Gasteiger partial charge on any atom is -0.492 e. The maximum absolute atomic E-state index is 8.99. The molecular formula is C16H23N2O2+. The Morgan fingerprint density at radius 1 is 1.30 bits per heavy atom. The Hall–Kier alpha value is -1.57. The molecule has 0 bridgehead atoms. The van der Waals surface area contributed by atoms with Crippen molar-refractivity contribution in [2.24, 2.45) is 0 Å². The minimum absolute atomic E-state index is 0.342. The Labute approximate surface area is 120 Å². The Kier molecular flexibility index (Phi) is 5.40. The molecule has 1 aromatic carbocycles. The van der Waals surface area contributed by atoms with Crippen LogP contribution < -0.4 is 9.64 Å². The lowest BCUT2D eigenvalue weighted by molar-refractivity contribution is -0.915. The molecule has 1 aliphatic rings. The number of quaternary nitrogens is 1. The molecule has 1 fully saturated rings. The molecule has 1 aliphatic heterocycles. The molecule has 4 heteroatoms. The van der Waals surface area contributed by atoms with Crippen molar-refractivity contribution in [3.63, 3.8) is 0 Å². The minimum atomic E-state index is 0.342. The fourth-order valence-electron chi connectivity index (χ4n) is 2.78. The number of rotatable bonds is 5. The van der Waals surface area contributed by atoms with E-state index in [9.17, 15) is 0 Å². The zero-order chi connectivity index (χ0) is 14.4. The highest BCUT2D eigenvalue weighted by molar-refractivity contribution is 5.42. The van der Waals surface area contributed by atoms with Crippen molar-refractivity contribution >= 4 is 0 Å². The van der Waals surface area contributed by atoms with Crippen molar-refractivity contribution in [3.05, 3.63) is 29.8 Å². The molecule has 2 rings (SSSR count). The first-order chi connectivity index (χ1) is 9.69. The number of nitrogens with one attached hydrogen (secondary N) is 1. The van der Waals surface area contributed by atoms with E-state index < -0.39 is 0 Å². The van der Waals surface area contributed by atoms with E-state index in [1.165, 1.54) is 0 Å². The maximum Gasteiger partial charge on any atom is 0.137 e. The molecule has 4 nitrogen and oxygen atoms in total. The highest BCUT2D eigenvalue weighted by Crippen LogP contribution is 2.16. The average molecular weight is 275 g/mol. The van der Waals surface area contributed by atoms with Gasteiger partial charge in [-0.3, -0.25) is 0 Å². The second-order valence-electron chi connectivity index (χ2n) is 5.48. The van der Waals surface area contributed by atoms with Gasteiger partial charge in [-0.2, -0.15) is 5.26 Å². The van der Waals surface area contributed by atoms with Crippen LogP contribution in [0.15, 0.2) is 24.3 Å². The van der Waals surface area contributed by atoms with Gasteiger partial charge in [0.25, 0.3) is 0 Å². The predicted molar refractivity (Wildman–Crippen MR) is 76.8 cm³/mol. The molecule has 0 amide bonds. The van der Waals surface area contributed by atoms with Crippen molar-refractivity contribution < 1.29 is 14.4 Å². The van der Waals surface area contributed by atoms with Gasteiger partial charge in [0, 0.05) is 6.42 Å². The molecule has 0 saturated carbocycles. The highest BCUT2D eigenvalue weighted by Gasteiger charge is 2.24. The van der Waals surface area contributed by atoms with Crippen LogP contribution in [0.2, 0.25) is 0 Å². The summed E-state index contributed by atoms with van der Waals surface area (Å²) in [5, 5.41) is 8.99. The topological polar surface area (TPSA) is 46.7 Å². The van der Waals surface area contributed by atoms with E-state index >= 15 is 0 Å². The summed E-state index contributed by atoms with van der Waals surface area (Å²) in [4.78, 5) is 1.58. The van der Waals surface area contributed by atoms with Crippen LogP contribution in [0.5, 0.6) is 5.75 Å². The van der Waals surface area contributed by atoms with E-state index in [1.807, 2.05) is 18.2 Å². The number of para-hydroxylation sites is 1. The Morgan fingerprint density at radius 2 is 2.00 bits per heavy atom. The lowest BCUT2D eigenvalue weighted by atomic mass is 10.2. The van der Waals surface area contributed by atoms with Gasteiger partial charge in [-0.25, -0.2) is 0 Å². The zero-order valence-corrected chi connectivity index (χ0v) is 12.3. The van der Waals surface area contributed by atoms with Crippen LogP contribution in [-0.4, -0.2) is 38.4 Å². The van der Waals surface area contributed by atoms with E-state index in [4.69, 9.17) is 14.7 Å². The van der Waals surface area contributed by atoms with Gasteiger partial charge < -0.3 is 14.4 Å². The Morgan fingerprint density at radius 3 is 2.70 bits per heavy atom. The van der Waals surface area contributed by atoms with Crippen LogP contribution in [-0.2, 0) is 4.74 Å². The van der Waals surface area contributed by atoms with Gasteiger partial charge in [0.1, 0.15) is 37.1 Å². The van der Waals surface area contributed by atoms with E-state index in [0.29, 0.717) is 30.1 Å². The fourth-order valence-corrected chi connectivity index (χ4v) is 2.78. The number of hydrogen-bond donors (Lipinski definition) is 1. The first-order valence-electron chi connectivity index (χ1n) is 7.30. The number of nitrogens with zero attached hydrogens (tertiary/aromatic N) is 1. The molecule has 108 valence electrons. The molecule has 3 atom stereocenters. The molecule has 1 N–H and O–H groups in total. The van der Waals surface area contributed by atoms with E-state index in [-0.39, 0.29) is 0 Å². The zero-order valence-electron chi connectivity index (χ0n) is 12.3. The monoisotopic (exact) mass is 275 g/mol.